The van der Waals surface area contributed by atoms with Crippen molar-refractivity contribution in [1.82, 2.24) is 15.1 Å². The highest BCUT2D eigenvalue weighted by Gasteiger charge is 2.20. The van der Waals surface area contributed by atoms with E-state index in [4.69, 9.17) is 0 Å². The summed E-state index contributed by atoms with van der Waals surface area (Å²) in [5.74, 6) is 0.103. The molecule has 0 aromatic carbocycles. The lowest BCUT2D eigenvalue weighted by atomic mass is 10.1. The van der Waals surface area contributed by atoms with Gasteiger partial charge in [0.15, 0.2) is 0 Å². The summed E-state index contributed by atoms with van der Waals surface area (Å²) in [6, 6.07) is 0.398. The molecule has 1 aliphatic rings. The highest BCUT2D eigenvalue weighted by atomic mass is 79.9. The molecule has 1 atom stereocenters. The Morgan fingerprint density at radius 2 is 2.35 bits per heavy atom. The van der Waals surface area contributed by atoms with Crippen LogP contribution in [0.15, 0.2) is 16.9 Å². The molecule has 0 saturated heterocycles. The number of aromatic nitrogens is 2. The van der Waals surface area contributed by atoms with Crippen molar-refractivity contribution in [3.63, 3.8) is 0 Å². The maximum absolute atomic E-state index is 11.9. The van der Waals surface area contributed by atoms with Gasteiger partial charge >= 0.3 is 0 Å². The van der Waals surface area contributed by atoms with E-state index in [-0.39, 0.29) is 11.8 Å². The maximum atomic E-state index is 11.9. The van der Waals surface area contributed by atoms with E-state index in [1.54, 1.807) is 10.9 Å². The number of carbonyl (C=O) groups is 1. The first-order chi connectivity index (χ1) is 8.15. The van der Waals surface area contributed by atoms with Gasteiger partial charge in [-0.05, 0) is 28.8 Å². The summed E-state index contributed by atoms with van der Waals surface area (Å²) in [5, 5.41) is 7.27. The quantitative estimate of drug-likeness (QED) is 0.928. The normalized spacial score (nSPS) is 18.2. The minimum absolute atomic E-state index is 0.0394. The molecule has 1 amide bonds. The van der Waals surface area contributed by atoms with Crippen molar-refractivity contribution in [2.75, 3.05) is 0 Å². The predicted octanol–water partition coefficient (Wildman–Crippen LogP) is 2.34. The fourth-order valence-corrected chi connectivity index (χ4v) is 2.54. The smallest absolute Gasteiger partial charge is 0.224 e. The van der Waals surface area contributed by atoms with Crippen LogP contribution < -0.4 is 5.32 Å². The van der Waals surface area contributed by atoms with Gasteiger partial charge in [-0.2, -0.15) is 5.10 Å². The number of hydrogen-bond donors (Lipinski definition) is 1. The Kier molecular flexibility index (Phi) is 4.20. The molecule has 1 heterocycles. The number of nitrogens with one attached hydrogen (secondary N) is 1. The van der Waals surface area contributed by atoms with E-state index in [1.807, 2.05) is 13.1 Å². The van der Waals surface area contributed by atoms with Gasteiger partial charge in [0.2, 0.25) is 5.91 Å². The van der Waals surface area contributed by atoms with E-state index in [2.05, 4.69) is 26.3 Å². The van der Waals surface area contributed by atoms with Crippen LogP contribution in [0.1, 0.15) is 32.6 Å². The van der Waals surface area contributed by atoms with Crippen LogP contribution in [0, 0.1) is 5.92 Å². The van der Waals surface area contributed by atoms with Crippen LogP contribution in [0.3, 0.4) is 0 Å². The van der Waals surface area contributed by atoms with Crippen LogP contribution in [0.5, 0.6) is 0 Å². The van der Waals surface area contributed by atoms with E-state index in [0.29, 0.717) is 12.6 Å². The van der Waals surface area contributed by atoms with Crippen molar-refractivity contribution in [3.05, 3.63) is 16.9 Å². The number of halogens is 1. The average molecular weight is 300 g/mol. The van der Waals surface area contributed by atoms with Crippen LogP contribution in [0.4, 0.5) is 0 Å². The number of carbonyl (C=O) groups excluding carboxylic acids is 1. The highest BCUT2D eigenvalue weighted by molar-refractivity contribution is 9.10. The summed E-state index contributed by atoms with van der Waals surface area (Å²) in [6.45, 7) is 2.57. The molecule has 1 fully saturated rings. The molecule has 1 unspecified atom stereocenters. The van der Waals surface area contributed by atoms with Gasteiger partial charge < -0.3 is 5.32 Å². The zero-order valence-corrected chi connectivity index (χ0v) is 11.6. The first kappa shape index (κ1) is 12.6. The first-order valence-corrected chi connectivity index (χ1v) is 6.93. The van der Waals surface area contributed by atoms with E-state index in [1.165, 1.54) is 12.8 Å². The second kappa shape index (κ2) is 5.67. The Morgan fingerprint density at radius 3 is 2.94 bits per heavy atom. The van der Waals surface area contributed by atoms with E-state index in [9.17, 15) is 4.79 Å². The summed E-state index contributed by atoms with van der Waals surface area (Å²) in [6.07, 6.45) is 8.37. The van der Waals surface area contributed by atoms with Crippen LogP contribution in [-0.2, 0) is 11.3 Å². The van der Waals surface area contributed by atoms with Gasteiger partial charge in [-0.3, -0.25) is 9.48 Å². The van der Waals surface area contributed by atoms with E-state index < -0.39 is 0 Å². The zero-order chi connectivity index (χ0) is 12.3. The second-order valence-electron chi connectivity index (χ2n) is 4.77. The maximum Gasteiger partial charge on any atom is 0.224 e. The third-order valence-corrected chi connectivity index (χ3v) is 3.62. The fraction of sp³-hybridized carbons (Fsp3) is 0.667. The average Bonchev–Trinajstić information content (AvgIpc) is 2.90. The lowest BCUT2D eigenvalue weighted by Gasteiger charge is -2.16. The lowest BCUT2D eigenvalue weighted by molar-refractivity contribution is -0.125. The van der Waals surface area contributed by atoms with Gasteiger partial charge in [-0.1, -0.05) is 19.8 Å². The largest absolute Gasteiger partial charge is 0.353 e. The lowest BCUT2D eigenvalue weighted by Crippen LogP contribution is -2.37. The third-order valence-electron chi connectivity index (χ3n) is 3.21. The van der Waals surface area contributed by atoms with Crippen molar-refractivity contribution in [1.29, 1.82) is 0 Å². The summed E-state index contributed by atoms with van der Waals surface area (Å²) >= 11 is 3.35. The van der Waals surface area contributed by atoms with E-state index in [0.717, 1.165) is 17.3 Å². The second-order valence-corrected chi connectivity index (χ2v) is 5.69. The van der Waals surface area contributed by atoms with Crippen LogP contribution in [0.2, 0.25) is 0 Å². The molecular formula is C12H18BrN3O. The van der Waals surface area contributed by atoms with Crippen molar-refractivity contribution in [3.8, 4) is 0 Å². The van der Waals surface area contributed by atoms with E-state index >= 15 is 0 Å². The van der Waals surface area contributed by atoms with Gasteiger partial charge in [-0.25, -0.2) is 0 Å². The molecule has 94 valence electrons. The molecule has 1 aliphatic carbocycles. The number of amides is 1. The zero-order valence-electron chi connectivity index (χ0n) is 10.0. The van der Waals surface area contributed by atoms with Crippen LogP contribution in [0.25, 0.3) is 0 Å². The van der Waals surface area contributed by atoms with Crippen molar-refractivity contribution < 1.29 is 4.79 Å². The summed E-state index contributed by atoms with van der Waals surface area (Å²) in [7, 11) is 0. The summed E-state index contributed by atoms with van der Waals surface area (Å²) in [5.41, 5.74) is 0. The van der Waals surface area contributed by atoms with Crippen molar-refractivity contribution >= 4 is 21.8 Å². The monoisotopic (exact) mass is 299 g/mol. The summed E-state index contributed by atoms with van der Waals surface area (Å²) < 4.78 is 2.74. The van der Waals surface area contributed by atoms with Gasteiger partial charge in [0.1, 0.15) is 0 Å². The molecule has 1 N–H and O–H groups in total. The summed E-state index contributed by atoms with van der Waals surface area (Å²) in [4.78, 5) is 11.9. The highest BCUT2D eigenvalue weighted by Crippen LogP contribution is 2.18. The molecule has 1 aromatic heterocycles. The van der Waals surface area contributed by atoms with Gasteiger partial charge in [0, 0.05) is 12.2 Å². The number of nitrogens with zero attached hydrogens (tertiary/aromatic N) is 2. The van der Waals surface area contributed by atoms with Crippen LogP contribution >= 0.6 is 15.9 Å². The Balaban J connectivity index is 1.82. The molecule has 0 bridgehead atoms. The molecule has 5 heteroatoms. The Morgan fingerprint density at radius 1 is 1.65 bits per heavy atom. The minimum Gasteiger partial charge on any atom is -0.353 e. The molecule has 17 heavy (non-hydrogen) atoms. The Labute approximate surface area is 110 Å². The molecule has 4 nitrogen and oxygen atoms in total. The van der Waals surface area contributed by atoms with Crippen LogP contribution in [-0.4, -0.2) is 21.7 Å². The SMILES string of the molecule is CC(Cn1cc(Br)cn1)C(=O)NC1CCCC1. The molecule has 0 radical (unpaired) electrons. The third kappa shape index (κ3) is 3.56. The standard InChI is InChI=1S/C12H18BrN3O/c1-9(7-16-8-10(13)6-14-16)12(17)15-11-4-2-3-5-11/h6,8-9,11H,2-5,7H2,1H3,(H,15,17). The molecule has 1 saturated carbocycles. The van der Waals surface area contributed by atoms with Gasteiger partial charge in [0.05, 0.1) is 23.1 Å². The van der Waals surface area contributed by atoms with Crippen molar-refractivity contribution in [2.45, 2.75) is 45.2 Å². The first-order valence-electron chi connectivity index (χ1n) is 6.13. The predicted molar refractivity (Wildman–Crippen MR) is 69.5 cm³/mol. The van der Waals surface area contributed by atoms with Gasteiger partial charge in [-0.15, -0.1) is 0 Å². The number of hydrogen-bond acceptors (Lipinski definition) is 2. The molecular weight excluding hydrogens is 282 g/mol. The molecule has 1 aromatic rings. The minimum atomic E-state index is -0.0394. The fourth-order valence-electron chi connectivity index (χ4n) is 2.22. The Bertz CT molecular complexity index is 385. The van der Waals surface area contributed by atoms with Gasteiger partial charge in [0.25, 0.3) is 0 Å². The Hall–Kier alpha value is -0.840. The molecule has 0 spiro atoms. The molecule has 0 aliphatic heterocycles. The van der Waals surface area contributed by atoms with Crippen molar-refractivity contribution in [2.24, 2.45) is 5.92 Å². The topological polar surface area (TPSA) is 46.9 Å². The number of rotatable bonds is 4. The molecule has 2 rings (SSSR count).